The second-order valence-electron chi connectivity index (χ2n) is 5.83. The summed E-state index contributed by atoms with van der Waals surface area (Å²) in [6.07, 6.45) is 0.803. The van der Waals surface area contributed by atoms with Gasteiger partial charge in [-0.3, -0.25) is 10.1 Å². The Morgan fingerprint density at radius 3 is 2.60 bits per heavy atom. The zero-order valence-corrected chi connectivity index (χ0v) is 13.5. The third kappa shape index (κ3) is 2.70. The molecule has 3 aromatic rings. The molecule has 0 N–H and O–H groups in total. The van der Waals surface area contributed by atoms with E-state index < -0.39 is 6.10 Å². The van der Waals surface area contributed by atoms with Gasteiger partial charge in [0.2, 0.25) is 6.10 Å². The van der Waals surface area contributed by atoms with Crippen molar-refractivity contribution in [2.75, 3.05) is 7.11 Å². The van der Waals surface area contributed by atoms with Gasteiger partial charge in [0.25, 0.3) is 5.70 Å². The molecule has 0 spiro atoms. The lowest BCUT2D eigenvalue weighted by molar-refractivity contribution is -0.434. The van der Waals surface area contributed by atoms with E-state index in [0.29, 0.717) is 17.1 Å². The SMILES string of the molecule is COc1ccc2c(c1)O[C@H](c1ccc3ccccc3c1)C([N+](=O)[O-])=C2. The number of benzene rings is 3. The van der Waals surface area contributed by atoms with Gasteiger partial charge in [-0.2, -0.15) is 0 Å². The van der Waals surface area contributed by atoms with E-state index in [-0.39, 0.29) is 10.6 Å². The van der Waals surface area contributed by atoms with Crippen LogP contribution in [0.4, 0.5) is 0 Å². The van der Waals surface area contributed by atoms with Crippen molar-refractivity contribution in [1.29, 1.82) is 0 Å². The van der Waals surface area contributed by atoms with Crippen LogP contribution in [0.15, 0.2) is 66.4 Å². The summed E-state index contributed by atoms with van der Waals surface area (Å²) >= 11 is 0. The molecular formula is C20H15NO4. The molecule has 1 aliphatic rings. The molecule has 0 fully saturated rings. The summed E-state index contributed by atoms with van der Waals surface area (Å²) in [7, 11) is 1.57. The lowest BCUT2D eigenvalue weighted by Crippen LogP contribution is -2.19. The smallest absolute Gasteiger partial charge is 0.291 e. The van der Waals surface area contributed by atoms with Crippen LogP contribution in [0.2, 0.25) is 0 Å². The first-order chi connectivity index (χ1) is 12.2. The van der Waals surface area contributed by atoms with E-state index in [2.05, 4.69) is 0 Å². The number of hydrogen-bond donors (Lipinski definition) is 0. The number of nitro groups is 1. The molecule has 0 aliphatic carbocycles. The standard InChI is InChI=1S/C20H15NO4/c1-24-17-9-8-15-11-18(21(22)23)20(25-19(15)12-17)16-7-6-13-4-2-3-5-14(13)10-16/h2-12,20H,1H3/t20-/m1/s1. The van der Waals surface area contributed by atoms with Crippen LogP contribution >= 0.6 is 0 Å². The molecule has 1 atom stereocenters. The maximum atomic E-state index is 11.6. The lowest BCUT2D eigenvalue weighted by Gasteiger charge is -2.23. The van der Waals surface area contributed by atoms with Crippen molar-refractivity contribution < 1.29 is 14.4 Å². The van der Waals surface area contributed by atoms with Gasteiger partial charge >= 0.3 is 0 Å². The minimum absolute atomic E-state index is 0.0212. The van der Waals surface area contributed by atoms with Gasteiger partial charge in [-0.1, -0.05) is 36.4 Å². The predicted octanol–water partition coefficient (Wildman–Crippen LogP) is 4.60. The van der Waals surface area contributed by atoms with Crippen LogP contribution < -0.4 is 9.47 Å². The fourth-order valence-electron chi connectivity index (χ4n) is 3.04. The van der Waals surface area contributed by atoms with Gasteiger partial charge in [-0.05, 0) is 29.0 Å². The Labute approximate surface area is 144 Å². The van der Waals surface area contributed by atoms with E-state index >= 15 is 0 Å². The minimum atomic E-state index is -0.765. The van der Waals surface area contributed by atoms with Crippen LogP contribution in [0.25, 0.3) is 16.8 Å². The summed E-state index contributed by atoms with van der Waals surface area (Å²) in [4.78, 5) is 11.2. The first-order valence-electron chi connectivity index (χ1n) is 7.85. The highest BCUT2D eigenvalue weighted by atomic mass is 16.6. The molecule has 3 aromatic carbocycles. The summed E-state index contributed by atoms with van der Waals surface area (Å²) in [6, 6.07) is 18.9. The summed E-state index contributed by atoms with van der Waals surface area (Å²) in [5.74, 6) is 1.22. The first-order valence-corrected chi connectivity index (χ1v) is 7.85. The molecule has 0 amide bonds. The topological polar surface area (TPSA) is 61.6 Å². The monoisotopic (exact) mass is 333 g/mol. The number of nitrogens with zero attached hydrogens (tertiary/aromatic N) is 1. The Kier molecular flexibility index (Phi) is 3.61. The van der Waals surface area contributed by atoms with Crippen LogP contribution in [0.1, 0.15) is 17.2 Å². The van der Waals surface area contributed by atoms with Crippen molar-refractivity contribution in [2.24, 2.45) is 0 Å². The number of rotatable bonds is 3. The Balaban J connectivity index is 1.82. The van der Waals surface area contributed by atoms with E-state index in [9.17, 15) is 10.1 Å². The van der Waals surface area contributed by atoms with Crippen LogP contribution in [0, 0.1) is 10.1 Å². The molecule has 25 heavy (non-hydrogen) atoms. The number of ether oxygens (including phenoxy) is 2. The van der Waals surface area contributed by atoms with Crippen molar-refractivity contribution in [3.8, 4) is 11.5 Å². The molecule has 0 saturated carbocycles. The van der Waals surface area contributed by atoms with Crippen molar-refractivity contribution in [3.63, 3.8) is 0 Å². The minimum Gasteiger partial charge on any atom is -0.497 e. The van der Waals surface area contributed by atoms with Crippen LogP contribution in [-0.2, 0) is 0 Å². The highest BCUT2D eigenvalue weighted by molar-refractivity contribution is 5.83. The third-order valence-electron chi connectivity index (χ3n) is 4.32. The van der Waals surface area contributed by atoms with Gasteiger partial charge in [-0.25, -0.2) is 0 Å². The summed E-state index contributed by atoms with van der Waals surface area (Å²) in [5.41, 5.74) is 1.44. The number of methoxy groups -OCH3 is 1. The summed E-state index contributed by atoms with van der Waals surface area (Å²) in [6.45, 7) is 0. The van der Waals surface area contributed by atoms with Crippen LogP contribution in [0.5, 0.6) is 11.5 Å². The Morgan fingerprint density at radius 2 is 1.84 bits per heavy atom. The van der Waals surface area contributed by atoms with Crippen molar-refractivity contribution >= 4 is 16.8 Å². The molecule has 1 heterocycles. The molecule has 0 aromatic heterocycles. The normalized spacial score (nSPS) is 15.9. The van der Waals surface area contributed by atoms with Crippen LogP contribution in [0.3, 0.4) is 0 Å². The average molecular weight is 333 g/mol. The van der Waals surface area contributed by atoms with Gasteiger partial charge in [0.15, 0.2) is 0 Å². The van der Waals surface area contributed by atoms with E-state index in [4.69, 9.17) is 9.47 Å². The molecular weight excluding hydrogens is 318 g/mol. The van der Waals surface area contributed by atoms with Crippen molar-refractivity contribution in [3.05, 3.63) is 87.6 Å². The Bertz CT molecular complexity index is 1010. The first kappa shape index (κ1) is 15.2. The zero-order valence-electron chi connectivity index (χ0n) is 13.5. The highest BCUT2D eigenvalue weighted by Crippen LogP contribution is 2.39. The van der Waals surface area contributed by atoms with E-state index in [1.165, 1.54) is 0 Å². The van der Waals surface area contributed by atoms with E-state index in [1.54, 1.807) is 31.4 Å². The number of fused-ring (bicyclic) bond motifs is 2. The second-order valence-corrected chi connectivity index (χ2v) is 5.83. The molecule has 0 unspecified atom stereocenters. The predicted molar refractivity (Wildman–Crippen MR) is 95.3 cm³/mol. The maximum Gasteiger partial charge on any atom is 0.291 e. The van der Waals surface area contributed by atoms with E-state index in [1.807, 2.05) is 42.5 Å². The summed E-state index contributed by atoms with van der Waals surface area (Å²) in [5, 5.41) is 13.7. The molecule has 5 nitrogen and oxygen atoms in total. The molecule has 0 radical (unpaired) electrons. The average Bonchev–Trinajstić information content (AvgIpc) is 2.66. The van der Waals surface area contributed by atoms with Gasteiger partial charge in [0.1, 0.15) is 11.5 Å². The Hall–Kier alpha value is -3.34. The highest BCUT2D eigenvalue weighted by Gasteiger charge is 2.33. The Morgan fingerprint density at radius 1 is 1.04 bits per heavy atom. The summed E-state index contributed by atoms with van der Waals surface area (Å²) < 4.78 is 11.2. The molecule has 4 rings (SSSR count). The molecule has 5 heteroatoms. The van der Waals surface area contributed by atoms with Gasteiger partial charge in [0.05, 0.1) is 12.0 Å². The molecule has 1 aliphatic heterocycles. The van der Waals surface area contributed by atoms with E-state index in [0.717, 1.165) is 16.3 Å². The maximum absolute atomic E-state index is 11.6. The fraction of sp³-hybridized carbons (Fsp3) is 0.100. The third-order valence-corrected chi connectivity index (χ3v) is 4.32. The van der Waals surface area contributed by atoms with Gasteiger partial charge in [-0.15, -0.1) is 0 Å². The van der Waals surface area contributed by atoms with Crippen molar-refractivity contribution in [2.45, 2.75) is 6.10 Å². The molecule has 124 valence electrons. The fourth-order valence-corrected chi connectivity index (χ4v) is 3.04. The number of hydrogen-bond acceptors (Lipinski definition) is 4. The zero-order chi connectivity index (χ0) is 17.4. The quantitative estimate of drug-likeness (QED) is 0.519. The van der Waals surface area contributed by atoms with Gasteiger partial charge in [0, 0.05) is 23.3 Å². The second kappa shape index (κ2) is 5.94. The molecule has 0 bridgehead atoms. The molecule has 0 saturated heterocycles. The lowest BCUT2D eigenvalue weighted by atomic mass is 9.98. The van der Waals surface area contributed by atoms with Crippen LogP contribution in [-0.4, -0.2) is 12.0 Å². The largest absolute Gasteiger partial charge is 0.497 e. The van der Waals surface area contributed by atoms with Gasteiger partial charge < -0.3 is 9.47 Å². The van der Waals surface area contributed by atoms with Crippen molar-refractivity contribution in [1.82, 2.24) is 0 Å².